The lowest BCUT2D eigenvalue weighted by Gasteiger charge is -2.30. The van der Waals surface area contributed by atoms with Gasteiger partial charge in [0.2, 0.25) is 15.7 Å². The van der Waals surface area contributed by atoms with E-state index in [2.05, 4.69) is 62.1 Å². The third-order valence-electron chi connectivity index (χ3n) is 10.5. The molecule has 3 aromatic carbocycles. The van der Waals surface area contributed by atoms with E-state index in [1.807, 2.05) is 75.4 Å². The van der Waals surface area contributed by atoms with Gasteiger partial charge in [-0.3, -0.25) is 0 Å². The SMILES string of the molecule is [C-]#[N+]C1=C(C(=O)Oc2ccc(C(C)(C)CC)cc2C(C)(C)CC)c2nc(-c3ccc(C)cc3)nn2C1=Nc1ccc(N(CC)CCNS(C)(=O)=O)cc1C. The number of nitrogens with one attached hydrogen (secondary N) is 1. The summed E-state index contributed by atoms with van der Waals surface area (Å²) in [4.78, 5) is 30.0. The number of likely N-dealkylation sites (N-methyl/N-ethyl adjacent to an activating group) is 1. The molecule has 0 aliphatic carbocycles. The Morgan fingerprint density at radius 1 is 0.981 bits per heavy atom. The molecule has 0 unspecified atom stereocenters. The number of carbonyl (C=O) groups is 1. The number of aliphatic imine (C=N–C) groups is 1. The van der Waals surface area contributed by atoms with Crippen molar-refractivity contribution in [2.24, 2.45) is 4.99 Å². The van der Waals surface area contributed by atoms with Crippen molar-refractivity contribution in [3.05, 3.63) is 106 Å². The minimum absolute atomic E-state index is 0.00219. The average Bonchev–Trinajstić information content (AvgIpc) is 3.68. The summed E-state index contributed by atoms with van der Waals surface area (Å²) >= 11 is 0. The van der Waals surface area contributed by atoms with E-state index < -0.39 is 16.0 Å². The quantitative estimate of drug-likeness (QED) is 0.0785. The first-order chi connectivity index (χ1) is 25.4. The number of fused-ring (bicyclic) bond motifs is 1. The van der Waals surface area contributed by atoms with Crippen LogP contribution in [-0.4, -0.2) is 60.9 Å². The van der Waals surface area contributed by atoms with E-state index in [0.29, 0.717) is 30.4 Å². The highest BCUT2D eigenvalue weighted by molar-refractivity contribution is 7.88. The summed E-state index contributed by atoms with van der Waals surface area (Å²) in [6.45, 7) is 28.6. The number of carbonyl (C=O) groups excluding carboxylic acids is 1. The zero-order chi connectivity index (χ0) is 39.6. The van der Waals surface area contributed by atoms with Gasteiger partial charge in [0, 0.05) is 36.4 Å². The van der Waals surface area contributed by atoms with Gasteiger partial charge < -0.3 is 9.64 Å². The Morgan fingerprint density at radius 3 is 2.26 bits per heavy atom. The van der Waals surface area contributed by atoms with Gasteiger partial charge in [0.15, 0.2) is 17.5 Å². The number of anilines is 1. The second kappa shape index (κ2) is 15.7. The van der Waals surface area contributed by atoms with Gasteiger partial charge in [0.05, 0.1) is 18.5 Å². The Morgan fingerprint density at radius 2 is 1.67 bits per heavy atom. The van der Waals surface area contributed by atoms with Crippen molar-refractivity contribution >= 4 is 38.8 Å². The van der Waals surface area contributed by atoms with Gasteiger partial charge in [-0.1, -0.05) is 83.5 Å². The van der Waals surface area contributed by atoms with E-state index in [9.17, 15) is 13.2 Å². The molecule has 1 aromatic heterocycles. The van der Waals surface area contributed by atoms with Gasteiger partial charge in [-0.05, 0) is 79.8 Å². The molecule has 0 atom stereocenters. The molecular formula is C42H51N7O4S. The first-order valence-electron chi connectivity index (χ1n) is 18.4. The number of allylic oxidation sites excluding steroid dienone is 1. The number of esters is 1. The first kappa shape index (κ1) is 40.1. The van der Waals surface area contributed by atoms with E-state index in [0.717, 1.165) is 52.6 Å². The van der Waals surface area contributed by atoms with Crippen LogP contribution in [0.4, 0.5) is 11.4 Å². The molecule has 1 N–H and O–H groups in total. The predicted molar refractivity (Wildman–Crippen MR) is 217 cm³/mol. The molecule has 0 radical (unpaired) electrons. The van der Waals surface area contributed by atoms with Crippen LogP contribution in [0.3, 0.4) is 0 Å². The van der Waals surface area contributed by atoms with Crippen LogP contribution in [0.5, 0.6) is 5.75 Å². The molecule has 0 bridgehead atoms. The Kier molecular flexibility index (Phi) is 11.6. The normalized spacial score (nSPS) is 14.0. The maximum atomic E-state index is 14.4. The van der Waals surface area contributed by atoms with E-state index in [1.54, 1.807) is 0 Å². The lowest BCUT2D eigenvalue weighted by molar-refractivity contribution is -0.128. The highest BCUT2D eigenvalue weighted by Crippen LogP contribution is 2.40. The summed E-state index contributed by atoms with van der Waals surface area (Å²) in [5, 5.41) is 4.78. The van der Waals surface area contributed by atoms with Crippen LogP contribution < -0.4 is 14.4 Å². The van der Waals surface area contributed by atoms with Gasteiger partial charge in [0.25, 0.3) is 0 Å². The summed E-state index contributed by atoms with van der Waals surface area (Å²) in [6, 6.07) is 19.5. The summed E-state index contributed by atoms with van der Waals surface area (Å²) in [7, 11) is -3.31. The first-order valence-corrected chi connectivity index (χ1v) is 20.2. The maximum absolute atomic E-state index is 14.4. The Balaban J connectivity index is 1.61. The van der Waals surface area contributed by atoms with Crippen molar-refractivity contribution in [3.8, 4) is 17.1 Å². The number of hydrogen-bond acceptors (Lipinski definition) is 8. The standard InChI is InChI=1S/C42H51N7O4S/c1-12-41(6,7)30-19-22-34(32(26-30)42(8,9)13-2)53-40(50)35-36(43-10)39(49-38(35)46-37(47-49)29-17-15-27(4)16-18-29)45-33-21-20-31(25-28(33)5)48(14-3)24-23-44-54(11,51)52/h15-22,25-26,44H,12-14,23-24H2,1-9,11H3. The van der Waals surface area contributed by atoms with Gasteiger partial charge in [-0.25, -0.2) is 37.4 Å². The van der Waals surface area contributed by atoms with Crippen molar-refractivity contribution < 1.29 is 17.9 Å². The van der Waals surface area contributed by atoms with Crippen molar-refractivity contribution in [1.82, 2.24) is 19.5 Å². The van der Waals surface area contributed by atoms with Gasteiger partial charge in [-0.2, -0.15) is 0 Å². The Labute approximate surface area is 320 Å². The van der Waals surface area contributed by atoms with Crippen molar-refractivity contribution in [3.63, 3.8) is 0 Å². The summed E-state index contributed by atoms with van der Waals surface area (Å²) in [5.41, 5.74) is 5.83. The average molecular weight is 750 g/mol. The Hall–Kier alpha value is -5.12. The molecule has 11 nitrogen and oxygen atoms in total. The summed E-state index contributed by atoms with van der Waals surface area (Å²) in [6.07, 6.45) is 2.91. The van der Waals surface area contributed by atoms with Crippen molar-refractivity contribution in [2.45, 2.75) is 86.0 Å². The molecule has 12 heteroatoms. The Bertz CT molecular complexity index is 2280. The lowest BCUT2D eigenvalue weighted by atomic mass is 9.76. The fraction of sp³-hybridized carbons (Fsp3) is 0.405. The molecule has 1 aliphatic heterocycles. The number of aromatic nitrogens is 3. The number of aryl methyl sites for hydroxylation is 2. The largest absolute Gasteiger partial charge is 0.423 e. The second-order valence-electron chi connectivity index (χ2n) is 15.1. The maximum Gasteiger partial charge on any atom is 0.336 e. The van der Waals surface area contributed by atoms with Gasteiger partial charge >= 0.3 is 5.97 Å². The zero-order valence-corrected chi connectivity index (χ0v) is 33.9. The molecule has 0 spiro atoms. The van der Waals surface area contributed by atoms with Crippen LogP contribution in [0.15, 0.2) is 71.4 Å². The van der Waals surface area contributed by atoms with Crippen LogP contribution in [0, 0.1) is 20.4 Å². The van der Waals surface area contributed by atoms with Crippen LogP contribution in [0.1, 0.15) is 89.4 Å². The number of rotatable bonds is 14. The molecule has 2 heterocycles. The monoisotopic (exact) mass is 749 g/mol. The number of sulfonamides is 1. The van der Waals surface area contributed by atoms with Crippen molar-refractivity contribution in [2.75, 3.05) is 30.8 Å². The second-order valence-corrected chi connectivity index (χ2v) is 16.9. The third kappa shape index (κ3) is 8.48. The molecule has 1 aliphatic rings. The summed E-state index contributed by atoms with van der Waals surface area (Å²) in [5.74, 6) is 0.476. The van der Waals surface area contributed by atoms with Crippen LogP contribution in [0.25, 0.3) is 21.8 Å². The van der Waals surface area contributed by atoms with E-state index in [-0.39, 0.29) is 40.3 Å². The number of ether oxygens (including phenoxy) is 1. The predicted octanol–water partition coefficient (Wildman–Crippen LogP) is 8.14. The van der Waals surface area contributed by atoms with E-state index in [4.69, 9.17) is 26.4 Å². The highest BCUT2D eigenvalue weighted by Gasteiger charge is 2.38. The minimum Gasteiger partial charge on any atom is -0.423 e. The fourth-order valence-corrected chi connectivity index (χ4v) is 6.65. The van der Waals surface area contributed by atoms with Gasteiger partial charge in [0.1, 0.15) is 11.3 Å². The molecule has 5 rings (SSSR count). The molecule has 0 fully saturated rings. The minimum atomic E-state index is -3.31. The molecule has 0 amide bonds. The number of benzene rings is 3. The zero-order valence-electron chi connectivity index (χ0n) is 33.0. The van der Waals surface area contributed by atoms with Crippen LogP contribution in [-0.2, 0) is 25.6 Å². The number of hydrogen-bond donors (Lipinski definition) is 1. The smallest absolute Gasteiger partial charge is 0.336 e. The third-order valence-corrected chi connectivity index (χ3v) is 11.2. The molecule has 284 valence electrons. The van der Waals surface area contributed by atoms with Gasteiger partial charge in [-0.15, -0.1) is 5.10 Å². The van der Waals surface area contributed by atoms with Crippen LogP contribution >= 0.6 is 0 Å². The highest BCUT2D eigenvalue weighted by atomic mass is 32.2. The topological polar surface area (TPSA) is 123 Å². The molecular weight excluding hydrogens is 699 g/mol. The molecule has 54 heavy (non-hydrogen) atoms. The van der Waals surface area contributed by atoms with E-state index in [1.165, 1.54) is 4.68 Å². The number of nitrogens with zero attached hydrogens (tertiary/aromatic N) is 6. The van der Waals surface area contributed by atoms with Crippen LogP contribution in [0.2, 0.25) is 0 Å². The fourth-order valence-electron chi connectivity index (χ4n) is 6.18. The summed E-state index contributed by atoms with van der Waals surface area (Å²) < 4.78 is 33.5. The molecule has 0 saturated heterocycles. The van der Waals surface area contributed by atoms with E-state index >= 15 is 0 Å². The molecule has 0 saturated carbocycles. The molecule has 4 aromatic rings. The van der Waals surface area contributed by atoms with Crippen molar-refractivity contribution in [1.29, 1.82) is 0 Å². The lowest BCUT2D eigenvalue weighted by Crippen LogP contribution is -2.34.